The zero-order chi connectivity index (χ0) is 22.4. The van der Waals surface area contributed by atoms with Crippen LogP contribution in [0.1, 0.15) is 5.56 Å². The molecule has 162 valence electrons. The number of rotatable bonds is 8. The molecule has 0 aliphatic heterocycles. The number of aromatic nitrogens is 1. The molecular weight excluding hydrogens is 422 g/mol. The number of carbonyl (C=O) groups is 1. The number of amides is 1. The highest BCUT2D eigenvalue weighted by Gasteiger charge is 2.13. The SMILES string of the molecule is COCCn1c(=NC(=O)/C=C\c2ccc([N+](=O)[O-])cc2)sc2cc(OC)c(OC)cc21. The molecule has 0 radical (unpaired) electrons. The van der Waals surface area contributed by atoms with E-state index >= 15 is 0 Å². The maximum absolute atomic E-state index is 12.5. The van der Waals surface area contributed by atoms with Crippen molar-refractivity contribution in [3.63, 3.8) is 0 Å². The van der Waals surface area contributed by atoms with Crippen LogP contribution in [-0.4, -0.2) is 43.3 Å². The number of carbonyl (C=O) groups excluding carboxylic acids is 1. The molecule has 0 saturated carbocycles. The summed E-state index contributed by atoms with van der Waals surface area (Å²) in [5.41, 5.74) is 1.50. The second-order valence-electron chi connectivity index (χ2n) is 6.34. The first-order valence-corrected chi connectivity index (χ1v) is 10.0. The second-order valence-corrected chi connectivity index (χ2v) is 7.35. The highest BCUT2D eigenvalue weighted by molar-refractivity contribution is 7.16. The molecular formula is C21H21N3O6S. The Morgan fingerprint density at radius 3 is 2.45 bits per heavy atom. The van der Waals surface area contributed by atoms with Gasteiger partial charge >= 0.3 is 0 Å². The van der Waals surface area contributed by atoms with Gasteiger partial charge in [0.05, 0.1) is 36.0 Å². The molecule has 10 heteroatoms. The Kier molecular flexibility index (Phi) is 7.16. The number of fused-ring (bicyclic) bond motifs is 1. The van der Waals surface area contributed by atoms with Gasteiger partial charge < -0.3 is 18.8 Å². The Hall–Kier alpha value is -3.50. The smallest absolute Gasteiger partial charge is 0.272 e. The lowest BCUT2D eigenvalue weighted by Crippen LogP contribution is -2.19. The minimum absolute atomic E-state index is 0.0107. The molecule has 0 saturated heterocycles. The molecule has 3 rings (SSSR count). The summed E-state index contributed by atoms with van der Waals surface area (Å²) >= 11 is 1.35. The molecule has 0 bridgehead atoms. The van der Waals surface area contributed by atoms with Crippen molar-refractivity contribution in [3.05, 3.63) is 63.0 Å². The lowest BCUT2D eigenvalue weighted by Gasteiger charge is -2.09. The van der Waals surface area contributed by atoms with Crippen LogP contribution in [-0.2, 0) is 16.1 Å². The van der Waals surface area contributed by atoms with Crippen LogP contribution < -0.4 is 14.3 Å². The van der Waals surface area contributed by atoms with Crippen LogP contribution in [0.5, 0.6) is 11.5 Å². The number of methoxy groups -OCH3 is 3. The first kappa shape index (κ1) is 22.2. The number of hydrogen-bond acceptors (Lipinski definition) is 7. The molecule has 9 nitrogen and oxygen atoms in total. The Morgan fingerprint density at radius 2 is 1.84 bits per heavy atom. The lowest BCUT2D eigenvalue weighted by molar-refractivity contribution is -0.384. The third kappa shape index (κ3) is 5.16. The van der Waals surface area contributed by atoms with Crippen LogP contribution in [0.25, 0.3) is 16.3 Å². The Morgan fingerprint density at radius 1 is 1.16 bits per heavy atom. The highest BCUT2D eigenvalue weighted by atomic mass is 32.1. The van der Waals surface area contributed by atoms with Gasteiger partial charge in [-0.1, -0.05) is 11.3 Å². The van der Waals surface area contributed by atoms with E-state index in [9.17, 15) is 14.9 Å². The van der Waals surface area contributed by atoms with Gasteiger partial charge in [0.1, 0.15) is 0 Å². The predicted molar refractivity (Wildman–Crippen MR) is 117 cm³/mol. The van der Waals surface area contributed by atoms with Crippen molar-refractivity contribution in [3.8, 4) is 11.5 Å². The van der Waals surface area contributed by atoms with Gasteiger partial charge in [0, 0.05) is 44.0 Å². The summed E-state index contributed by atoms with van der Waals surface area (Å²) in [4.78, 5) is 27.5. The molecule has 0 aliphatic rings. The molecule has 0 unspecified atom stereocenters. The summed E-state index contributed by atoms with van der Waals surface area (Å²) in [6, 6.07) is 9.59. The van der Waals surface area contributed by atoms with Crippen molar-refractivity contribution in [1.29, 1.82) is 0 Å². The number of benzene rings is 2. The minimum Gasteiger partial charge on any atom is -0.493 e. The molecule has 3 aromatic rings. The monoisotopic (exact) mass is 443 g/mol. The third-order valence-electron chi connectivity index (χ3n) is 4.44. The van der Waals surface area contributed by atoms with E-state index in [1.807, 2.05) is 16.7 Å². The molecule has 0 aliphatic carbocycles. The summed E-state index contributed by atoms with van der Waals surface area (Å²) in [5, 5.41) is 10.7. The van der Waals surface area contributed by atoms with Gasteiger partial charge in [0.25, 0.3) is 11.6 Å². The molecule has 31 heavy (non-hydrogen) atoms. The van der Waals surface area contributed by atoms with Crippen molar-refractivity contribution in [2.75, 3.05) is 27.9 Å². The maximum Gasteiger partial charge on any atom is 0.272 e. The summed E-state index contributed by atoms with van der Waals surface area (Å²) in [6.45, 7) is 0.949. The summed E-state index contributed by atoms with van der Waals surface area (Å²) < 4.78 is 18.7. The average molecular weight is 443 g/mol. The molecule has 2 aromatic carbocycles. The fourth-order valence-corrected chi connectivity index (χ4v) is 3.96. The fourth-order valence-electron chi connectivity index (χ4n) is 2.89. The minimum atomic E-state index is -0.474. The molecule has 0 fully saturated rings. The van der Waals surface area contributed by atoms with E-state index in [1.54, 1.807) is 39.5 Å². The van der Waals surface area contributed by atoms with Crippen LogP contribution in [0.3, 0.4) is 0 Å². The van der Waals surface area contributed by atoms with Gasteiger partial charge in [-0.25, -0.2) is 0 Å². The van der Waals surface area contributed by atoms with Gasteiger partial charge in [0.2, 0.25) is 0 Å². The number of ether oxygens (including phenoxy) is 3. The zero-order valence-electron chi connectivity index (χ0n) is 17.2. The van der Waals surface area contributed by atoms with E-state index in [1.165, 1.54) is 29.5 Å². The van der Waals surface area contributed by atoms with Crippen LogP contribution in [0, 0.1) is 10.1 Å². The number of nitro benzene ring substituents is 1. The highest BCUT2D eigenvalue weighted by Crippen LogP contribution is 2.33. The van der Waals surface area contributed by atoms with E-state index in [0.717, 1.165) is 10.2 Å². The van der Waals surface area contributed by atoms with Gasteiger partial charge in [-0.15, -0.1) is 0 Å². The van der Waals surface area contributed by atoms with Gasteiger partial charge in [-0.2, -0.15) is 4.99 Å². The number of non-ortho nitro benzene ring substituents is 1. The van der Waals surface area contributed by atoms with E-state index in [4.69, 9.17) is 14.2 Å². The van der Waals surface area contributed by atoms with Crippen LogP contribution in [0.2, 0.25) is 0 Å². The summed E-state index contributed by atoms with van der Waals surface area (Å²) in [7, 11) is 4.73. The van der Waals surface area contributed by atoms with Crippen molar-refractivity contribution in [2.45, 2.75) is 6.54 Å². The number of hydrogen-bond donors (Lipinski definition) is 0. The summed E-state index contributed by atoms with van der Waals surface area (Å²) in [5.74, 6) is 0.719. The van der Waals surface area contributed by atoms with Gasteiger partial charge in [-0.3, -0.25) is 14.9 Å². The van der Waals surface area contributed by atoms with E-state index < -0.39 is 10.8 Å². The number of nitro groups is 1. The molecule has 0 atom stereocenters. The van der Waals surface area contributed by atoms with E-state index in [-0.39, 0.29) is 5.69 Å². The maximum atomic E-state index is 12.5. The summed E-state index contributed by atoms with van der Waals surface area (Å²) in [6.07, 6.45) is 2.89. The molecule has 0 spiro atoms. The Balaban J connectivity index is 1.97. The molecule has 1 amide bonds. The fraction of sp³-hybridized carbons (Fsp3) is 0.238. The van der Waals surface area contributed by atoms with Crippen molar-refractivity contribution in [1.82, 2.24) is 4.57 Å². The topological polar surface area (TPSA) is 105 Å². The van der Waals surface area contributed by atoms with Crippen LogP contribution >= 0.6 is 11.3 Å². The van der Waals surface area contributed by atoms with E-state index in [2.05, 4.69) is 4.99 Å². The van der Waals surface area contributed by atoms with Crippen molar-refractivity contribution < 1.29 is 23.9 Å². The molecule has 1 heterocycles. The zero-order valence-corrected chi connectivity index (χ0v) is 18.0. The average Bonchev–Trinajstić information content (AvgIpc) is 3.10. The largest absolute Gasteiger partial charge is 0.493 e. The normalized spacial score (nSPS) is 11.9. The molecule has 1 aromatic heterocycles. The van der Waals surface area contributed by atoms with E-state index in [0.29, 0.717) is 35.0 Å². The molecule has 0 N–H and O–H groups in total. The Labute approximate surface area is 182 Å². The second kappa shape index (κ2) is 10.0. The number of thiazole rings is 1. The first-order valence-electron chi connectivity index (χ1n) is 9.22. The third-order valence-corrected chi connectivity index (χ3v) is 5.48. The number of nitrogens with zero attached hydrogens (tertiary/aromatic N) is 3. The van der Waals surface area contributed by atoms with Crippen molar-refractivity contribution in [2.24, 2.45) is 4.99 Å². The van der Waals surface area contributed by atoms with Gasteiger partial charge in [-0.05, 0) is 23.8 Å². The lowest BCUT2D eigenvalue weighted by atomic mass is 10.2. The van der Waals surface area contributed by atoms with Crippen LogP contribution in [0.15, 0.2) is 47.5 Å². The van der Waals surface area contributed by atoms with Crippen LogP contribution in [0.4, 0.5) is 5.69 Å². The van der Waals surface area contributed by atoms with Crippen molar-refractivity contribution >= 4 is 39.2 Å². The quantitative estimate of drug-likeness (QED) is 0.300. The first-order chi connectivity index (χ1) is 15.0. The standard InChI is InChI=1S/C21H21N3O6S/c1-28-11-10-23-16-12-17(29-2)18(30-3)13-19(16)31-21(23)22-20(25)9-6-14-4-7-15(8-5-14)24(26)27/h4-9,12-13H,10-11H2,1-3H3/b9-6-,22-21?. The predicted octanol–water partition coefficient (Wildman–Crippen LogP) is 3.42. The van der Waals surface area contributed by atoms with Gasteiger partial charge in [0.15, 0.2) is 16.3 Å². The Bertz CT molecular complexity index is 1190.